The quantitative estimate of drug-likeness (QED) is 0.833. The summed E-state index contributed by atoms with van der Waals surface area (Å²) in [6.07, 6.45) is -0.378. The van der Waals surface area contributed by atoms with E-state index in [-0.39, 0.29) is 0 Å². The van der Waals surface area contributed by atoms with Crippen LogP contribution in [0.5, 0.6) is 0 Å². The third kappa shape index (κ3) is 4.16. The van der Waals surface area contributed by atoms with Crippen molar-refractivity contribution in [1.29, 1.82) is 0 Å². The van der Waals surface area contributed by atoms with E-state index in [1.54, 1.807) is 12.4 Å². The molecule has 0 saturated heterocycles. The monoisotopic (exact) mass is 296 g/mol. The Labute approximate surface area is 120 Å². The molecule has 0 atom stereocenters. The molecule has 4 nitrogen and oxygen atoms in total. The van der Waals surface area contributed by atoms with Gasteiger partial charge in [-0.1, -0.05) is 12.1 Å². The number of hydrogen-bond acceptors (Lipinski definition) is 4. The van der Waals surface area contributed by atoms with Crippen LogP contribution in [-0.2, 0) is 6.18 Å². The molecule has 0 saturated carbocycles. The highest BCUT2D eigenvalue weighted by molar-refractivity contribution is 5.62. The van der Waals surface area contributed by atoms with Crippen molar-refractivity contribution in [2.75, 3.05) is 18.4 Å². The van der Waals surface area contributed by atoms with Crippen molar-refractivity contribution in [3.63, 3.8) is 0 Å². The Bertz CT molecular complexity index is 564. The fourth-order valence-corrected chi connectivity index (χ4v) is 1.72. The number of anilines is 1. The highest BCUT2D eigenvalue weighted by atomic mass is 19.4. The molecule has 3 N–H and O–H groups in total. The van der Waals surface area contributed by atoms with E-state index in [0.29, 0.717) is 30.2 Å². The molecule has 0 fully saturated rings. The summed E-state index contributed by atoms with van der Waals surface area (Å²) in [6, 6.07) is 4.90. The summed E-state index contributed by atoms with van der Waals surface area (Å²) in [4.78, 5) is 8.23. The Morgan fingerprint density at radius 3 is 2.14 bits per heavy atom. The Morgan fingerprint density at radius 2 is 1.62 bits per heavy atom. The summed E-state index contributed by atoms with van der Waals surface area (Å²) >= 11 is 0. The molecular formula is C14H15F3N4. The van der Waals surface area contributed by atoms with Gasteiger partial charge in [0.2, 0.25) is 5.95 Å². The van der Waals surface area contributed by atoms with E-state index in [9.17, 15) is 13.2 Å². The summed E-state index contributed by atoms with van der Waals surface area (Å²) in [6.45, 7) is 1.26. The third-order valence-corrected chi connectivity index (χ3v) is 2.86. The molecule has 0 aliphatic heterocycles. The Balaban J connectivity index is 2.08. The largest absolute Gasteiger partial charge is 0.416 e. The fourth-order valence-electron chi connectivity index (χ4n) is 1.72. The lowest BCUT2D eigenvalue weighted by atomic mass is 10.1. The zero-order valence-corrected chi connectivity index (χ0v) is 11.2. The van der Waals surface area contributed by atoms with Gasteiger partial charge in [0.15, 0.2) is 0 Å². The smallest absolute Gasteiger partial charge is 0.354 e. The van der Waals surface area contributed by atoms with E-state index >= 15 is 0 Å². The molecular weight excluding hydrogens is 281 g/mol. The van der Waals surface area contributed by atoms with Gasteiger partial charge in [0.25, 0.3) is 0 Å². The van der Waals surface area contributed by atoms with Crippen LogP contribution < -0.4 is 11.1 Å². The zero-order valence-electron chi connectivity index (χ0n) is 11.2. The van der Waals surface area contributed by atoms with Crippen LogP contribution in [0.1, 0.15) is 12.0 Å². The second kappa shape index (κ2) is 6.53. The third-order valence-electron chi connectivity index (χ3n) is 2.86. The van der Waals surface area contributed by atoms with Crippen LogP contribution in [0.3, 0.4) is 0 Å². The highest BCUT2D eigenvalue weighted by Crippen LogP contribution is 2.30. The van der Waals surface area contributed by atoms with E-state index in [1.807, 2.05) is 0 Å². The molecule has 0 aliphatic rings. The van der Waals surface area contributed by atoms with Gasteiger partial charge < -0.3 is 11.1 Å². The molecule has 1 aromatic carbocycles. The number of aromatic nitrogens is 2. The van der Waals surface area contributed by atoms with Crippen LogP contribution in [0.25, 0.3) is 11.1 Å². The van der Waals surface area contributed by atoms with Crippen molar-refractivity contribution < 1.29 is 13.2 Å². The maximum atomic E-state index is 12.5. The highest BCUT2D eigenvalue weighted by Gasteiger charge is 2.29. The number of nitrogens with zero attached hydrogens (tertiary/aromatic N) is 2. The molecule has 0 radical (unpaired) electrons. The van der Waals surface area contributed by atoms with Gasteiger partial charge in [-0.15, -0.1) is 0 Å². The zero-order chi connectivity index (χ0) is 15.3. The van der Waals surface area contributed by atoms with Crippen LogP contribution in [0.4, 0.5) is 19.1 Å². The van der Waals surface area contributed by atoms with Crippen LogP contribution in [0.15, 0.2) is 36.7 Å². The van der Waals surface area contributed by atoms with E-state index in [4.69, 9.17) is 5.73 Å². The lowest BCUT2D eigenvalue weighted by molar-refractivity contribution is -0.137. The van der Waals surface area contributed by atoms with E-state index < -0.39 is 11.7 Å². The number of halogens is 3. The lowest BCUT2D eigenvalue weighted by Gasteiger charge is -2.08. The van der Waals surface area contributed by atoms with Crippen LogP contribution in [0.2, 0.25) is 0 Å². The predicted octanol–water partition coefficient (Wildman–Crippen LogP) is 2.92. The van der Waals surface area contributed by atoms with E-state index in [1.165, 1.54) is 12.1 Å². The standard InChI is InChI=1S/C14H15F3N4/c15-14(16,17)12-4-2-10(3-5-12)11-8-20-13(21-9-11)19-7-1-6-18/h2-5,8-9H,1,6-7,18H2,(H,19,20,21). The fraction of sp³-hybridized carbons (Fsp3) is 0.286. The number of rotatable bonds is 5. The van der Waals surface area contributed by atoms with Crippen molar-refractivity contribution in [1.82, 2.24) is 9.97 Å². The first-order chi connectivity index (χ1) is 10.0. The predicted molar refractivity (Wildman–Crippen MR) is 74.6 cm³/mol. The van der Waals surface area contributed by atoms with Gasteiger partial charge in [-0.3, -0.25) is 0 Å². The number of benzene rings is 1. The first-order valence-corrected chi connectivity index (χ1v) is 6.44. The summed E-state index contributed by atoms with van der Waals surface area (Å²) in [5, 5.41) is 3.00. The number of nitrogens with two attached hydrogens (primary N) is 1. The molecule has 2 rings (SSSR count). The van der Waals surface area contributed by atoms with Gasteiger partial charge in [-0.25, -0.2) is 9.97 Å². The maximum Gasteiger partial charge on any atom is 0.416 e. The van der Waals surface area contributed by atoms with E-state index in [0.717, 1.165) is 18.6 Å². The van der Waals surface area contributed by atoms with Gasteiger partial charge >= 0.3 is 6.18 Å². The van der Waals surface area contributed by atoms with Gasteiger partial charge in [0.05, 0.1) is 5.56 Å². The molecule has 0 aliphatic carbocycles. The second-order valence-electron chi connectivity index (χ2n) is 4.44. The van der Waals surface area contributed by atoms with Crippen molar-refractivity contribution in [2.24, 2.45) is 5.73 Å². The summed E-state index contributed by atoms with van der Waals surface area (Å²) in [5.74, 6) is 0.471. The Hall–Kier alpha value is -2.15. The number of hydrogen-bond donors (Lipinski definition) is 2. The van der Waals surface area contributed by atoms with Crippen molar-refractivity contribution >= 4 is 5.95 Å². The average Bonchev–Trinajstić information content (AvgIpc) is 2.48. The van der Waals surface area contributed by atoms with Crippen molar-refractivity contribution in [3.8, 4) is 11.1 Å². The molecule has 1 aromatic heterocycles. The maximum absolute atomic E-state index is 12.5. The molecule has 7 heteroatoms. The summed E-state index contributed by atoms with van der Waals surface area (Å²) in [7, 11) is 0. The molecule has 0 amide bonds. The molecule has 0 spiro atoms. The van der Waals surface area contributed by atoms with E-state index in [2.05, 4.69) is 15.3 Å². The van der Waals surface area contributed by atoms with Gasteiger partial charge in [0, 0.05) is 24.5 Å². The van der Waals surface area contributed by atoms with Crippen LogP contribution >= 0.6 is 0 Å². The Kier molecular flexibility index (Phi) is 4.74. The topological polar surface area (TPSA) is 63.8 Å². The van der Waals surface area contributed by atoms with Crippen molar-refractivity contribution in [2.45, 2.75) is 12.6 Å². The molecule has 21 heavy (non-hydrogen) atoms. The first-order valence-electron chi connectivity index (χ1n) is 6.44. The molecule has 112 valence electrons. The molecule has 0 unspecified atom stereocenters. The minimum atomic E-state index is -4.33. The normalized spacial score (nSPS) is 11.4. The van der Waals surface area contributed by atoms with Crippen LogP contribution in [-0.4, -0.2) is 23.1 Å². The minimum absolute atomic E-state index is 0.471. The summed E-state index contributed by atoms with van der Waals surface area (Å²) in [5.41, 5.74) is 6.00. The molecule has 0 bridgehead atoms. The second-order valence-corrected chi connectivity index (χ2v) is 4.44. The lowest BCUT2D eigenvalue weighted by Crippen LogP contribution is -2.10. The molecule has 2 aromatic rings. The Morgan fingerprint density at radius 1 is 1.00 bits per heavy atom. The van der Waals surface area contributed by atoms with Gasteiger partial charge in [-0.2, -0.15) is 13.2 Å². The van der Waals surface area contributed by atoms with Crippen molar-refractivity contribution in [3.05, 3.63) is 42.2 Å². The average molecular weight is 296 g/mol. The number of alkyl halides is 3. The summed E-state index contributed by atoms with van der Waals surface area (Å²) < 4.78 is 37.4. The SMILES string of the molecule is NCCCNc1ncc(-c2ccc(C(F)(F)F)cc2)cn1. The van der Waals surface area contributed by atoms with Gasteiger partial charge in [0.1, 0.15) is 0 Å². The minimum Gasteiger partial charge on any atom is -0.354 e. The number of nitrogens with one attached hydrogen (secondary N) is 1. The molecule has 1 heterocycles. The van der Waals surface area contributed by atoms with Gasteiger partial charge in [-0.05, 0) is 30.7 Å². The van der Waals surface area contributed by atoms with Crippen LogP contribution in [0, 0.1) is 0 Å². The first kappa shape index (κ1) is 15.2.